The Morgan fingerprint density at radius 1 is 0.792 bits per heavy atom. The van der Waals surface area contributed by atoms with Crippen LogP contribution in [-0.4, -0.2) is 32.9 Å². The van der Waals surface area contributed by atoms with E-state index in [9.17, 15) is 16.8 Å². The van der Waals surface area contributed by atoms with Gasteiger partial charge in [-0.3, -0.25) is 0 Å². The van der Waals surface area contributed by atoms with Gasteiger partial charge in [-0.2, -0.15) is 0 Å². The van der Waals surface area contributed by atoms with Crippen LogP contribution in [0.2, 0.25) is 0 Å². The van der Waals surface area contributed by atoms with Gasteiger partial charge >= 0.3 is 4.33 Å². The molecule has 0 atom stereocenters. The topological polar surface area (TPSA) is 88.5 Å². The molecule has 0 aromatic heterocycles. The first-order valence-corrected chi connectivity index (χ1v) is 10.1. The average Bonchev–Trinajstić information content (AvgIpc) is 2.60. The summed E-state index contributed by atoms with van der Waals surface area (Å²) in [6.07, 6.45) is -1.17. The third kappa shape index (κ3) is 3.09. The Hall–Kier alpha value is -1.77. The van der Waals surface area contributed by atoms with Crippen LogP contribution < -0.4 is 0 Å². The van der Waals surface area contributed by atoms with Crippen LogP contribution in [0.4, 0.5) is 4.39 Å². The van der Waals surface area contributed by atoms with Crippen molar-refractivity contribution in [2.45, 2.75) is 27.0 Å². The summed E-state index contributed by atoms with van der Waals surface area (Å²) in [5.41, 5.74) is 0. The molecule has 0 aliphatic carbocycles. The molecular weight excluding hydrogens is 355 g/mol. The molecule has 2 rings (SSSR count). The maximum atomic E-state index is 15.6. The van der Waals surface area contributed by atoms with Crippen LogP contribution in [0.15, 0.2) is 70.5 Å². The van der Waals surface area contributed by atoms with Crippen molar-refractivity contribution < 1.29 is 26.3 Å². The van der Waals surface area contributed by atoms with Gasteiger partial charge in [-0.15, -0.1) is 0 Å². The zero-order chi connectivity index (χ0) is 17.8. The Balaban J connectivity index is 2.68. The molecule has 0 unspecified atom stereocenters. The van der Waals surface area contributed by atoms with Crippen molar-refractivity contribution in [2.75, 3.05) is 6.61 Å². The Morgan fingerprint density at radius 3 is 1.50 bits per heavy atom. The molecule has 0 aliphatic rings. The third-order valence-electron chi connectivity index (χ3n) is 3.54. The summed E-state index contributed by atoms with van der Waals surface area (Å²) in [7, 11) is -9.69. The highest BCUT2D eigenvalue weighted by molar-refractivity contribution is 8.10. The van der Waals surface area contributed by atoms with Crippen LogP contribution in [0.25, 0.3) is 0 Å². The Bertz CT molecular complexity index is 809. The van der Waals surface area contributed by atoms with E-state index < -0.39 is 46.8 Å². The van der Waals surface area contributed by atoms with Crippen molar-refractivity contribution in [1.82, 2.24) is 0 Å². The van der Waals surface area contributed by atoms with Gasteiger partial charge in [0.2, 0.25) is 19.7 Å². The Labute approximate surface area is 140 Å². The number of halogens is 1. The van der Waals surface area contributed by atoms with Crippen LogP contribution >= 0.6 is 0 Å². The lowest BCUT2D eigenvalue weighted by molar-refractivity contribution is 0.255. The molecule has 0 spiro atoms. The summed E-state index contributed by atoms with van der Waals surface area (Å²) in [5, 5.41) is 8.95. The fourth-order valence-electron chi connectivity index (χ4n) is 2.25. The molecule has 0 bridgehead atoms. The number of aliphatic hydroxyl groups excluding tert-OH is 1. The molecule has 0 fully saturated rings. The highest BCUT2D eigenvalue weighted by atomic mass is 32.3. The van der Waals surface area contributed by atoms with Crippen molar-refractivity contribution in [1.29, 1.82) is 0 Å². The molecule has 0 heterocycles. The van der Waals surface area contributed by atoms with Crippen molar-refractivity contribution in [3.63, 3.8) is 0 Å². The molecule has 0 radical (unpaired) electrons. The Morgan fingerprint density at radius 2 is 1.17 bits per heavy atom. The Kier molecular flexibility index (Phi) is 5.42. The van der Waals surface area contributed by atoms with Gasteiger partial charge in [-0.1, -0.05) is 36.4 Å². The van der Waals surface area contributed by atoms with Gasteiger partial charge in [0.25, 0.3) is 0 Å². The number of benzene rings is 2. The number of rotatable bonds is 7. The fourth-order valence-corrected chi connectivity index (χ4v) is 6.55. The van der Waals surface area contributed by atoms with Crippen molar-refractivity contribution >= 4 is 19.7 Å². The highest BCUT2D eigenvalue weighted by Gasteiger charge is 2.56. The van der Waals surface area contributed by atoms with Gasteiger partial charge in [-0.05, 0) is 30.7 Å². The summed E-state index contributed by atoms with van der Waals surface area (Å²) < 4.78 is 63.0. The lowest BCUT2D eigenvalue weighted by Crippen LogP contribution is -2.42. The molecule has 130 valence electrons. The van der Waals surface area contributed by atoms with Gasteiger partial charge in [0.1, 0.15) is 0 Å². The standard InChI is InChI=1S/C16H17FO5S2/c17-16(12-7-13-18,23(19,20)14-8-3-1-4-9-14)24(21,22)15-10-5-2-6-11-15/h1-6,8-11,18H,7,12-13H2. The van der Waals surface area contributed by atoms with E-state index in [0.29, 0.717) is 0 Å². The van der Waals surface area contributed by atoms with Gasteiger partial charge in [-0.25, -0.2) is 21.2 Å². The van der Waals surface area contributed by atoms with Crippen LogP contribution in [0, 0.1) is 0 Å². The summed E-state index contributed by atoms with van der Waals surface area (Å²) >= 11 is 0. The first-order valence-electron chi connectivity index (χ1n) is 7.16. The van der Waals surface area contributed by atoms with Crippen LogP contribution in [0.1, 0.15) is 12.8 Å². The van der Waals surface area contributed by atoms with Gasteiger partial charge in [0, 0.05) is 13.0 Å². The molecule has 5 nitrogen and oxygen atoms in total. The lowest BCUT2D eigenvalue weighted by atomic mass is 10.3. The van der Waals surface area contributed by atoms with E-state index in [2.05, 4.69) is 0 Å². The van der Waals surface area contributed by atoms with Crippen LogP contribution in [0.3, 0.4) is 0 Å². The molecule has 0 saturated carbocycles. The first kappa shape index (κ1) is 18.6. The van der Waals surface area contributed by atoms with Crippen molar-refractivity contribution in [2.24, 2.45) is 0 Å². The van der Waals surface area contributed by atoms with Crippen molar-refractivity contribution in [3.8, 4) is 0 Å². The van der Waals surface area contributed by atoms with Gasteiger partial charge in [0.05, 0.1) is 9.79 Å². The highest BCUT2D eigenvalue weighted by Crippen LogP contribution is 2.40. The fraction of sp³-hybridized carbons (Fsp3) is 0.250. The normalized spacial score (nSPS) is 12.9. The minimum absolute atomic E-state index is 0.311. The molecule has 0 saturated heterocycles. The SMILES string of the molecule is O=S(=O)(c1ccccc1)C(F)(CCCO)S(=O)(=O)c1ccccc1. The second kappa shape index (κ2) is 7.00. The lowest BCUT2D eigenvalue weighted by Gasteiger charge is -2.25. The van der Waals surface area contributed by atoms with Gasteiger partial charge in [0.15, 0.2) is 0 Å². The molecule has 8 heteroatoms. The predicted molar refractivity (Wildman–Crippen MR) is 87.4 cm³/mol. The van der Waals surface area contributed by atoms with E-state index in [4.69, 9.17) is 5.11 Å². The zero-order valence-electron chi connectivity index (χ0n) is 12.7. The maximum absolute atomic E-state index is 15.6. The molecule has 1 N–H and O–H groups in total. The van der Waals surface area contributed by atoms with Crippen molar-refractivity contribution in [3.05, 3.63) is 60.7 Å². The molecular formula is C16H17FO5S2. The monoisotopic (exact) mass is 372 g/mol. The maximum Gasteiger partial charge on any atom is 0.317 e. The van der Waals surface area contributed by atoms with Crippen LogP contribution in [0.5, 0.6) is 0 Å². The second-order valence-corrected chi connectivity index (χ2v) is 9.63. The number of alkyl halides is 1. The quantitative estimate of drug-likeness (QED) is 0.806. The molecule has 24 heavy (non-hydrogen) atoms. The summed E-state index contributed by atoms with van der Waals surface area (Å²) in [5.74, 6) is 0. The molecule has 0 aliphatic heterocycles. The minimum atomic E-state index is -4.84. The number of hydrogen-bond donors (Lipinski definition) is 1. The van der Waals surface area contributed by atoms with Crippen LogP contribution in [-0.2, 0) is 19.7 Å². The van der Waals surface area contributed by atoms with E-state index >= 15 is 4.39 Å². The number of hydrogen-bond acceptors (Lipinski definition) is 5. The summed E-state index contributed by atoms with van der Waals surface area (Å²) in [4.78, 5) is -0.852. The minimum Gasteiger partial charge on any atom is -0.396 e. The average molecular weight is 372 g/mol. The zero-order valence-corrected chi connectivity index (χ0v) is 14.3. The smallest absolute Gasteiger partial charge is 0.317 e. The largest absolute Gasteiger partial charge is 0.396 e. The number of aliphatic hydroxyl groups is 1. The van der Waals surface area contributed by atoms with E-state index in [1.54, 1.807) is 12.1 Å². The molecule has 0 amide bonds. The van der Waals surface area contributed by atoms with E-state index in [1.165, 1.54) is 24.3 Å². The number of sulfone groups is 2. The summed E-state index contributed by atoms with van der Waals surface area (Å²) in [6.45, 7) is -0.527. The summed E-state index contributed by atoms with van der Waals surface area (Å²) in [6, 6.07) is 13.2. The van der Waals surface area contributed by atoms with E-state index in [-0.39, 0.29) is 6.42 Å². The predicted octanol–water partition coefficient (Wildman–Crippen LogP) is 2.33. The molecule has 2 aromatic rings. The molecule has 2 aromatic carbocycles. The first-order chi connectivity index (χ1) is 11.3. The second-order valence-electron chi connectivity index (χ2n) is 5.12. The van der Waals surface area contributed by atoms with E-state index in [0.717, 1.165) is 24.3 Å². The van der Waals surface area contributed by atoms with E-state index in [1.807, 2.05) is 0 Å². The third-order valence-corrected chi connectivity index (χ3v) is 8.66. The van der Waals surface area contributed by atoms with Gasteiger partial charge < -0.3 is 5.11 Å².